The molecule has 0 spiro atoms. The summed E-state index contributed by atoms with van der Waals surface area (Å²) in [7, 11) is 1.59. The lowest BCUT2D eigenvalue weighted by Crippen LogP contribution is -2.51. The molecule has 1 N–H and O–H groups in total. The predicted molar refractivity (Wildman–Crippen MR) is 104 cm³/mol. The van der Waals surface area contributed by atoms with Crippen molar-refractivity contribution in [3.8, 4) is 0 Å². The van der Waals surface area contributed by atoms with Crippen LogP contribution in [0.3, 0.4) is 0 Å². The van der Waals surface area contributed by atoms with Gasteiger partial charge in [0.15, 0.2) is 0 Å². The number of benzene rings is 1. The van der Waals surface area contributed by atoms with E-state index in [1.165, 1.54) is 17.4 Å². The van der Waals surface area contributed by atoms with Gasteiger partial charge in [-0.25, -0.2) is 4.39 Å². The molecule has 0 unspecified atom stereocenters. The fraction of sp³-hybridized carbons (Fsp3) is 0.474. The number of halogens is 1. The molecule has 1 aromatic heterocycles. The van der Waals surface area contributed by atoms with E-state index >= 15 is 0 Å². The smallest absolute Gasteiger partial charge is 0.264 e. The van der Waals surface area contributed by atoms with Crippen LogP contribution in [0.25, 0.3) is 10.1 Å². The number of carbonyl (C=O) groups is 2. The van der Waals surface area contributed by atoms with E-state index in [9.17, 15) is 14.0 Å². The van der Waals surface area contributed by atoms with Crippen molar-refractivity contribution in [1.29, 1.82) is 0 Å². The molecule has 1 saturated heterocycles. The third-order valence-corrected chi connectivity index (χ3v) is 6.00. The molecular formula is C19H24FN3O3S. The predicted octanol–water partition coefficient (Wildman–Crippen LogP) is 1.87. The van der Waals surface area contributed by atoms with Crippen LogP contribution in [0.4, 0.5) is 4.39 Å². The summed E-state index contributed by atoms with van der Waals surface area (Å²) in [5, 5.41) is 3.34. The van der Waals surface area contributed by atoms with Crippen LogP contribution in [0.15, 0.2) is 18.2 Å². The average Bonchev–Trinajstić information content (AvgIpc) is 3.00. The van der Waals surface area contributed by atoms with Gasteiger partial charge in [0.25, 0.3) is 5.91 Å². The van der Waals surface area contributed by atoms with E-state index in [4.69, 9.17) is 4.74 Å². The van der Waals surface area contributed by atoms with Crippen LogP contribution < -0.4 is 5.32 Å². The highest BCUT2D eigenvalue weighted by Gasteiger charge is 2.26. The van der Waals surface area contributed by atoms with E-state index in [2.05, 4.69) is 5.32 Å². The molecule has 8 heteroatoms. The third kappa shape index (κ3) is 4.45. The molecule has 27 heavy (non-hydrogen) atoms. The maximum atomic E-state index is 14.1. The zero-order chi connectivity index (χ0) is 19.4. The van der Waals surface area contributed by atoms with Gasteiger partial charge < -0.3 is 15.0 Å². The van der Waals surface area contributed by atoms with Gasteiger partial charge in [0.2, 0.25) is 5.91 Å². The van der Waals surface area contributed by atoms with Crippen LogP contribution in [-0.4, -0.2) is 74.6 Å². The first-order chi connectivity index (χ1) is 13.0. The molecule has 1 fully saturated rings. The Balaban J connectivity index is 1.58. The Morgan fingerprint density at radius 2 is 2.00 bits per heavy atom. The van der Waals surface area contributed by atoms with Gasteiger partial charge in [0.05, 0.1) is 18.0 Å². The van der Waals surface area contributed by atoms with E-state index in [0.717, 1.165) is 4.70 Å². The fourth-order valence-corrected chi connectivity index (χ4v) is 4.45. The van der Waals surface area contributed by atoms with Crippen molar-refractivity contribution in [3.05, 3.63) is 34.5 Å². The molecule has 0 bridgehead atoms. The van der Waals surface area contributed by atoms with E-state index in [1.807, 2.05) is 11.0 Å². The summed E-state index contributed by atoms with van der Waals surface area (Å²) in [6.45, 7) is 5.50. The van der Waals surface area contributed by atoms with Crippen molar-refractivity contribution in [2.45, 2.75) is 6.92 Å². The minimum absolute atomic E-state index is 0.0392. The minimum Gasteiger partial charge on any atom is -0.383 e. The molecule has 1 aliphatic heterocycles. The number of amides is 2. The molecule has 146 valence electrons. The van der Waals surface area contributed by atoms with Gasteiger partial charge in [-0.15, -0.1) is 11.3 Å². The van der Waals surface area contributed by atoms with Crippen molar-refractivity contribution >= 4 is 33.2 Å². The zero-order valence-electron chi connectivity index (χ0n) is 15.6. The lowest BCUT2D eigenvalue weighted by atomic mass is 10.1. The number of hydrogen-bond acceptors (Lipinski definition) is 5. The number of carbonyl (C=O) groups excluding carboxylic acids is 2. The van der Waals surface area contributed by atoms with E-state index < -0.39 is 0 Å². The molecule has 6 nitrogen and oxygen atoms in total. The number of nitrogens with one attached hydrogen (secondary N) is 1. The van der Waals surface area contributed by atoms with Gasteiger partial charge in [-0.3, -0.25) is 14.5 Å². The maximum Gasteiger partial charge on any atom is 0.264 e. The van der Waals surface area contributed by atoms with Crippen molar-refractivity contribution in [1.82, 2.24) is 15.1 Å². The molecule has 1 aliphatic rings. The van der Waals surface area contributed by atoms with Crippen LogP contribution in [0.2, 0.25) is 0 Å². The molecule has 0 atom stereocenters. The highest BCUT2D eigenvalue weighted by atomic mass is 32.1. The van der Waals surface area contributed by atoms with Crippen LogP contribution in [-0.2, 0) is 9.53 Å². The summed E-state index contributed by atoms with van der Waals surface area (Å²) in [6.07, 6.45) is 0. The molecule has 0 aliphatic carbocycles. The Hall–Kier alpha value is -2.03. The molecule has 0 saturated carbocycles. The van der Waals surface area contributed by atoms with Gasteiger partial charge in [-0.1, -0.05) is 6.07 Å². The lowest BCUT2D eigenvalue weighted by Gasteiger charge is -2.34. The Morgan fingerprint density at radius 1 is 1.26 bits per heavy atom. The van der Waals surface area contributed by atoms with Gasteiger partial charge in [0.1, 0.15) is 5.82 Å². The topological polar surface area (TPSA) is 61.9 Å². The SMILES string of the molecule is COCCNC(=O)CN1CCN(C(=O)c2sc3cccc(F)c3c2C)CC1. The number of fused-ring (bicyclic) bond motifs is 1. The number of piperazine rings is 1. The van der Waals surface area contributed by atoms with Gasteiger partial charge >= 0.3 is 0 Å². The Labute approximate surface area is 161 Å². The normalized spacial score (nSPS) is 15.3. The van der Waals surface area contributed by atoms with Crippen LogP contribution in [0.5, 0.6) is 0 Å². The number of methoxy groups -OCH3 is 1. The van der Waals surface area contributed by atoms with Crippen LogP contribution in [0, 0.1) is 12.7 Å². The first kappa shape index (κ1) is 19.7. The summed E-state index contributed by atoms with van der Waals surface area (Å²) in [4.78, 5) is 29.2. The number of thiophene rings is 1. The quantitative estimate of drug-likeness (QED) is 0.761. The van der Waals surface area contributed by atoms with Crippen molar-refractivity contribution in [2.75, 3.05) is 53.0 Å². The summed E-state index contributed by atoms with van der Waals surface area (Å²) in [5.41, 5.74) is 0.707. The number of aryl methyl sites for hydroxylation is 1. The minimum atomic E-state index is -0.287. The number of ether oxygens (including phenoxy) is 1. The first-order valence-electron chi connectivity index (χ1n) is 8.96. The Morgan fingerprint density at radius 3 is 2.67 bits per heavy atom. The number of nitrogens with zero attached hydrogens (tertiary/aromatic N) is 2. The average molecular weight is 393 g/mol. The number of hydrogen-bond donors (Lipinski definition) is 1. The molecule has 2 aromatic rings. The largest absolute Gasteiger partial charge is 0.383 e. The second-order valence-electron chi connectivity index (χ2n) is 6.58. The molecular weight excluding hydrogens is 369 g/mol. The summed E-state index contributed by atoms with van der Waals surface area (Å²) in [6, 6.07) is 4.93. The fourth-order valence-electron chi connectivity index (χ4n) is 3.26. The van der Waals surface area contributed by atoms with E-state index in [1.54, 1.807) is 25.0 Å². The second kappa shape index (κ2) is 8.77. The molecule has 2 amide bonds. The van der Waals surface area contributed by atoms with Crippen molar-refractivity contribution in [3.63, 3.8) is 0 Å². The molecule has 0 radical (unpaired) electrons. The molecule has 3 rings (SSSR count). The summed E-state index contributed by atoms with van der Waals surface area (Å²) in [5.74, 6) is -0.385. The second-order valence-corrected chi connectivity index (χ2v) is 7.63. The summed E-state index contributed by atoms with van der Waals surface area (Å²) < 4.78 is 19.8. The summed E-state index contributed by atoms with van der Waals surface area (Å²) >= 11 is 1.34. The highest BCUT2D eigenvalue weighted by Crippen LogP contribution is 2.33. The first-order valence-corrected chi connectivity index (χ1v) is 9.77. The van der Waals surface area contributed by atoms with Gasteiger partial charge in [0, 0.05) is 49.9 Å². The van der Waals surface area contributed by atoms with Gasteiger partial charge in [-0.05, 0) is 24.6 Å². The number of rotatable bonds is 6. The molecule has 1 aromatic carbocycles. The van der Waals surface area contributed by atoms with E-state index in [-0.39, 0.29) is 17.6 Å². The van der Waals surface area contributed by atoms with E-state index in [0.29, 0.717) is 61.7 Å². The van der Waals surface area contributed by atoms with Crippen LogP contribution >= 0.6 is 11.3 Å². The monoisotopic (exact) mass is 393 g/mol. The lowest BCUT2D eigenvalue weighted by molar-refractivity contribution is -0.122. The third-order valence-electron chi connectivity index (χ3n) is 4.75. The van der Waals surface area contributed by atoms with Gasteiger partial charge in [-0.2, -0.15) is 0 Å². The van der Waals surface area contributed by atoms with Crippen LogP contribution in [0.1, 0.15) is 15.2 Å². The molecule has 2 heterocycles. The van der Waals surface area contributed by atoms with Crippen molar-refractivity contribution in [2.24, 2.45) is 0 Å². The standard InChI is InChI=1S/C19H24FN3O3S/c1-13-17-14(20)4-3-5-15(17)27-18(13)19(25)23-9-7-22(8-10-23)12-16(24)21-6-11-26-2/h3-5H,6-12H2,1-2H3,(H,21,24). The Kier molecular flexibility index (Phi) is 6.41. The maximum absolute atomic E-state index is 14.1. The highest BCUT2D eigenvalue weighted by molar-refractivity contribution is 7.21. The zero-order valence-corrected chi connectivity index (χ0v) is 16.4. The Bertz CT molecular complexity index is 831. The van der Waals surface area contributed by atoms with Crippen molar-refractivity contribution < 1.29 is 18.7 Å².